The summed E-state index contributed by atoms with van der Waals surface area (Å²) >= 11 is 0. The molecule has 1 saturated heterocycles. The Morgan fingerprint density at radius 2 is 1.75 bits per heavy atom. The summed E-state index contributed by atoms with van der Waals surface area (Å²) in [6.45, 7) is 3.03. The van der Waals surface area contributed by atoms with E-state index in [2.05, 4.69) is 61.5 Å². The van der Waals surface area contributed by atoms with Crippen LogP contribution in [0.5, 0.6) is 0 Å². The fourth-order valence-electron chi connectivity index (χ4n) is 3.04. The summed E-state index contributed by atoms with van der Waals surface area (Å²) in [5.74, 6) is 0.651. The predicted octanol–water partition coefficient (Wildman–Crippen LogP) is 4.50. The Balaban J connectivity index is 1.66. The molecule has 0 unspecified atom stereocenters. The lowest BCUT2D eigenvalue weighted by Crippen LogP contribution is -2.26. The zero-order valence-electron chi connectivity index (χ0n) is 12.1. The van der Waals surface area contributed by atoms with Crippen LogP contribution in [0.3, 0.4) is 0 Å². The van der Waals surface area contributed by atoms with Crippen molar-refractivity contribution in [3.63, 3.8) is 0 Å². The molecular formula is C19H22O. The fourth-order valence-corrected chi connectivity index (χ4v) is 3.04. The minimum absolute atomic E-state index is 0.359. The fraction of sp³-hybridized carbons (Fsp3) is 0.368. The second kappa shape index (κ2) is 6.23. The van der Waals surface area contributed by atoms with Crippen LogP contribution in [-0.4, -0.2) is 12.7 Å². The lowest BCUT2D eigenvalue weighted by Gasteiger charge is -2.30. The van der Waals surface area contributed by atoms with Gasteiger partial charge in [-0.3, -0.25) is 0 Å². The van der Waals surface area contributed by atoms with Crippen LogP contribution >= 0.6 is 0 Å². The van der Waals surface area contributed by atoms with Crippen molar-refractivity contribution < 1.29 is 4.74 Å². The van der Waals surface area contributed by atoms with E-state index in [0.29, 0.717) is 12.0 Å². The van der Waals surface area contributed by atoms with Crippen molar-refractivity contribution in [1.82, 2.24) is 0 Å². The third kappa shape index (κ3) is 3.29. The van der Waals surface area contributed by atoms with Gasteiger partial charge in [0.15, 0.2) is 0 Å². The molecule has 0 spiro atoms. The van der Waals surface area contributed by atoms with Crippen molar-refractivity contribution in [2.75, 3.05) is 6.61 Å². The summed E-state index contributed by atoms with van der Waals surface area (Å²) in [7, 11) is 0. The molecule has 1 aliphatic rings. The van der Waals surface area contributed by atoms with Crippen LogP contribution in [0.1, 0.15) is 35.4 Å². The molecule has 0 aromatic heterocycles. The van der Waals surface area contributed by atoms with E-state index < -0.39 is 0 Å². The number of aryl methyl sites for hydroxylation is 1. The molecule has 2 aromatic rings. The number of hydrogen-bond acceptors (Lipinski definition) is 1. The maximum atomic E-state index is 5.96. The van der Waals surface area contributed by atoms with Gasteiger partial charge in [-0.2, -0.15) is 0 Å². The Morgan fingerprint density at radius 3 is 2.50 bits per heavy atom. The summed E-state index contributed by atoms with van der Waals surface area (Å²) in [6.07, 6.45) is 3.67. The number of ether oxygens (including phenoxy) is 1. The van der Waals surface area contributed by atoms with Crippen molar-refractivity contribution >= 4 is 0 Å². The summed E-state index contributed by atoms with van der Waals surface area (Å²) < 4.78 is 5.96. The highest BCUT2D eigenvalue weighted by Gasteiger charge is 2.23. The van der Waals surface area contributed by atoms with E-state index in [4.69, 9.17) is 4.74 Å². The van der Waals surface area contributed by atoms with E-state index >= 15 is 0 Å². The van der Waals surface area contributed by atoms with E-state index in [0.717, 1.165) is 25.9 Å². The van der Waals surface area contributed by atoms with Crippen molar-refractivity contribution in [3.05, 3.63) is 71.3 Å². The topological polar surface area (TPSA) is 9.23 Å². The first kappa shape index (κ1) is 13.4. The first-order valence-electron chi connectivity index (χ1n) is 7.53. The highest BCUT2D eigenvalue weighted by atomic mass is 16.5. The first-order valence-corrected chi connectivity index (χ1v) is 7.53. The zero-order valence-corrected chi connectivity index (χ0v) is 12.1. The van der Waals surface area contributed by atoms with Crippen LogP contribution in [0.2, 0.25) is 0 Å². The maximum Gasteiger partial charge on any atom is 0.0621 e. The highest BCUT2D eigenvalue weighted by Crippen LogP contribution is 2.31. The molecule has 1 fully saturated rings. The molecule has 1 nitrogen and oxygen atoms in total. The van der Waals surface area contributed by atoms with E-state index in [-0.39, 0.29) is 0 Å². The van der Waals surface area contributed by atoms with E-state index in [1.165, 1.54) is 16.7 Å². The highest BCUT2D eigenvalue weighted by molar-refractivity contribution is 5.25. The van der Waals surface area contributed by atoms with Gasteiger partial charge in [0.2, 0.25) is 0 Å². The molecule has 0 amide bonds. The molecule has 1 heteroatoms. The van der Waals surface area contributed by atoms with Crippen LogP contribution in [0.25, 0.3) is 0 Å². The molecule has 1 aliphatic heterocycles. The van der Waals surface area contributed by atoms with Crippen molar-refractivity contribution in [2.45, 2.75) is 38.2 Å². The van der Waals surface area contributed by atoms with Crippen molar-refractivity contribution in [1.29, 1.82) is 0 Å². The average molecular weight is 266 g/mol. The van der Waals surface area contributed by atoms with Crippen LogP contribution in [0.15, 0.2) is 54.6 Å². The minimum atomic E-state index is 0.359. The minimum Gasteiger partial charge on any atom is -0.378 e. The SMILES string of the molecule is Cc1ccc([C@H]2CCO[C@@H](Cc3ccccc3)C2)cc1. The Labute approximate surface area is 121 Å². The molecule has 2 aromatic carbocycles. The smallest absolute Gasteiger partial charge is 0.0621 e. The Morgan fingerprint density at radius 1 is 1.00 bits per heavy atom. The quantitative estimate of drug-likeness (QED) is 0.794. The molecular weight excluding hydrogens is 244 g/mol. The molecule has 104 valence electrons. The molecule has 0 saturated carbocycles. The average Bonchev–Trinajstić information content (AvgIpc) is 2.49. The molecule has 20 heavy (non-hydrogen) atoms. The van der Waals surface area contributed by atoms with Gasteiger partial charge in [0, 0.05) is 6.61 Å². The maximum absolute atomic E-state index is 5.96. The van der Waals surface area contributed by atoms with E-state index in [1.54, 1.807) is 0 Å². The first-order chi connectivity index (χ1) is 9.81. The summed E-state index contributed by atoms with van der Waals surface area (Å²) in [4.78, 5) is 0. The van der Waals surface area contributed by atoms with Gasteiger partial charge in [-0.25, -0.2) is 0 Å². The summed E-state index contributed by atoms with van der Waals surface area (Å²) in [6, 6.07) is 19.7. The lowest BCUT2D eigenvalue weighted by molar-refractivity contribution is 0.00729. The van der Waals surface area contributed by atoms with Gasteiger partial charge in [-0.1, -0.05) is 60.2 Å². The van der Waals surface area contributed by atoms with E-state index in [9.17, 15) is 0 Å². The molecule has 2 atom stereocenters. The predicted molar refractivity (Wildman–Crippen MR) is 83.0 cm³/mol. The normalized spacial score (nSPS) is 22.6. The van der Waals surface area contributed by atoms with Crippen LogP contribution < -0.4 is 0 Å². The number of hydrogen-bond donors (Lipinski definition) is 0. The van der Waals surface area contributed by atoms with Gasteiger partial charge in [-0.15, -0.1) is 0 Å². The number of rotatable bonds is 3. The summed E-state index contributed by atoms with van der Waals surface area (Å²) in [5.41, 5.74) is 4.18. The molecule has 0 bridgehead atoms. The van der Waals surface area contributed by atoms with Crippen molar-refractivity contribution in [2.24, 2.45) is 0 Å². The third-order valence-electron chi connectivity index (χ3n) is 4.22. The Kier molecular flexibility index (Phi) is 4.17. The van der Waals surface area contributed by atoms with Crippen LogP contribution in [-0.2, 0) is 11.2 Å². The Hall–Kier alpha value is -1.60. The third-order valence-corrected chi connectivity index (χ3v) is 4.22. The second-order valence-electron chi connectivity index (χ2n) is 5.81. The molecule has 3 rings (SSSR count). The molecule has 0 aliphatic carbocycles. The largest absolute Gasteiger partial charge is 0.378 e. The van der Waals surface area contributed by atoms with Gasteiger partial charge in [-0.05, 0) is 43.2 Å². The molecule has 0 radical (unpaired) electrons. The zero-order chi connectivity index (χ0) is 13.8. The standard InChI is InChI=1S/C19H22O/c1-15-7-9-17(10-8-15)18-11-12-20-19(14-18)13-16-5-3-2-4-6-16/h2-10,18-19H,11-14H2,1H3/t18-,19-/m0/s1. The monoisotopic (exact) mass is 266 g/mol. The van der Waals surface area contributed by atoms with Crippen molar-refractivity contribution in [3.8, 4) is 0 Å². The Bertz CT molecular complexity index is 529. The van der Waals surface area contributed by atoms with Crippen LogP contribution in [0, 0.1) is 6.92 Å². The molecule has 0 N–H and O–H groups in total. The van der Waals surface area contributed by atoms with E-state index in [1.807, 2.05) is 0 Å². The van der Waals surface area contributed by atoms with Gasteiger partial charge < -0.3 is 4.74 Å². The lowest BCUT2D eigenvalue weighted by atomic mass is 9.86. The van der Waals surface area contributed by atoms with Gasteiger partial charge in [0.25, 0.3) is 0 Å². The number of benzene rings is 2. The van der Waals surface area contributed by atoms with Gasteiger partial charge in [0.1, 0.15) is 0 Å². The summed E-state index contributed by atoms with van der Waals surface area (Å²) in [5, 5.41) is 0. The molecule has 1 heterocycles. The van der Waals surface area contributed by atoms with Gasteiger partial charge in [0.05, 0.1) is 6.10 Å². The van der Waals surface area contributed by atoms with Crippen LogP contribution in [0.4, 0.5) is 0 Å². The van der Waals surface area contributed by atoms with Gasteiger partial charge >= 0.3 is 0 Å². The second-order valence-corrected chi connectivity index (χ2v) is 5.81.